The first-order valence-corrected chi connectivity index (χ1v) is 13.2. The van der Waals surface area contributed by atoms with Gasteiger partial charge in [0.1, 0.15) is 29.9 Å². The van der Waals surface area contributed by atoms with E-state index in [-0.39, 0.29) is 30.6 Å². The van der Waals surface area contributed by atoms with Gasteiger partial charge in [0.2, 0.25) is 17.7 Å². The number of carbonyl (C=O) groups excluding carboxylic acids is 4. The van der Waals surface area contributed by atoms with Gasteiger partial charge in [-0.05, 0) is 53.6 Å². The normalized spacial score (nSPS) is 13.2. The van der Waals surface area contributed by atoms with Crippen molar-refractivity contribution in [3.05, 3.63) is 59.7 Å². The Morgan fingerprint density at radius 1 is 0.744 bits per heavy atom. The molecule has 2 rings (SSSR count). The maximum Gasteiger partial charge on any atom is 0.243 e. The minimum Gasteiger partial charge on any atom is -0.497 e. The maximum absolute atomic E-state index is 13.4. The molecule has 9 nitrogen and oxygen atoms in total. The largest absolute Gasteiger partial charge is 0.497 e. The lowest BCUT2D eigenvalue weighted by atomic mass is 9.99. The Labute approximate surface area is 231 Å². The van der Waals surface area contributed by atoms with Crippen molar-refractivity contribution < 1.29 is 28.7 Å². The van der Waals surface area contributed by atoms with E-state index in [0.29, 0.717) is 24.2 Å². The fourth-order valence-electron chi connectivity index (χ4n) is 4.04. The molecule has 0 heterocycles. The zero-order valence-electron chi connectivity index (χ0n) is 23.7. The molecule has 9 heteroatoms. The smallest absolute Gasteiger partial charge is 0.243 e. The van der Waals surface area contributed by atoms with Crippen LogP contribution in [-0.2, 0) is 32.0 Å². The van der Waals surface area contributed by atoms with E-state index in [1.165, 1.54) is 0 Å². The highest BCUT2D eigenvalue weighted by atomic mass is 16.5. The van der Waals surface area contributed by atoms with Gasteiger partial charge in [-0.15, -0.1) is 0 Å². The number of amides is 3. The van der Waals surface area contributed by atoms with Crippen LogP contribution in [-0.4, -0.2) is 56.4 Å². The van der Waals surface area contributed by atoms with Crippen LogP contribution in [0.4, 0.5) is 0 Å². The average Bonchev–Trinajstić information content (AvgIpc) is 2.90. The highest BCUT2D eigenvalue weighted by Crippen LogP contribution is 2.15. The lowest BCUT2D eigenvalue weighted by Gasteiger charge is -2.26. The molecule has 0 aliphatic heterocycles. The molecule has 2 aromatic carbocycles. The van der Waals surface area contributed by atoms with Gasteiger partial charge in [-0.3, -0.25) is 14.4 Å². The van der Waals surface area contributed by atoms with Crippen molar-refractivity contribution in [2.24, 2.45) is 11.8 Å². The number of hydrogen-bond donors (Lipinski definition) is 3. The predicted octanol–water partition coefficient (Wildman–Crippen LogP) is 2.84. The molecule has 0 bridgehead atoms. The molecule has 3 unspecified atom stereocenters. The van der Waals surface area contributed by atoms with Crippen LogP contribution in [0.15, 0.2) is 48.5 Å². The molecule has 0 aliphatic rings. The first kappa shape index (κ1) is 31.3. The Hall–Kier alpha value is -3.88. The Morgan fingerprint density at radius 2 is 1.26 bits per heavy atom. The van der Waals surface area contributed by atoms with Gasteiger partial charge in [0.05, 0.1) is 20.3 Å². The molecular formula is C30H41N3O6. The van der Waals surface area contributed by atoms with E-state index in [9.17, 15) is 19.2 Å². The Kier molecular flexibility index (Phi) is 12.5. The van der Waals surface area contributed by atoms with Crippen molar-refractivity contribution in [1.82, 2.24) is 16.0 Å². The van der Waals surface area contributed by atoms with E-state index in [1.807, 2.05) is 38.1 Å². The molecule has 0 spiro atoms. The van der Waals surface area contributed by atoms with Crippen molar-refractivity contribution in [3.63, 3.8) is 0 Å². The summed E-state index contributed by atoms with van der Waals surface area (Å²) in [6, 6.07) is 11.9. The van der Waals surface area contributed by atoms with Gasteiger partial charge in [-0.25, -0.2) is 0 Å². The third-order valence-electron chi connectivity index (χ3n) is 6.20. The third kappa shape index (κ3) is 10.4. The van der Waals surface area contributed by atoms with E-state index in [2.05, 4.69) is 16.0 Å². The second-order valence-electron chi connectivity index (χ2n) is 10.3. The number of rotatable bonds is 15. The van der Waals surface area contributed by atoms with Crippen LogP contribution in [0.2, 0.25) is 0 Å². The lowest BCUT2D eigenvalue weighted by Crippen LogP contribution is -2.57. The number of aldehydes is 1. The fraction of sp³-hybridized carbons (Fsp3) is 0.467. The van der Waals surface area contributed by atoms with Gasteiger partial charge < -0.3 is 30.2 Å². The topological polar surface area (TPSA) is 123 Å². The minimum atomic E-state index is -0.906. The number of nitrogens with one attached hydrogen (secondary N) is 3. The minimum absolute atomic E-state index is 0.120. The monoisotopic (exact) mass is 539 g/mol. The SMILES string of the molecule is COc1ccc(CC(C=O)NC(=O)C(NC(=O)C(Cc2ccc(OC)cc2)NC(=O)CC(C)C)C(C)C)cc1. The molecular weight excluding hydrogens is 498 g/mol. The molecule has 0 aromatic heterocycles. The standard InChI is InChI=1S/C30H41N3O6/c1-19(2)15-27(35)32-26(17-22-9-13-25(39-6)14-10-22)29(36)33-28(20(3)4)30(37)31-23(18-34)16-21-7-11-24(38-5)12-8-21/h7-14,18-20,23,26,28H,15-17H2,1-6H3,(H,31,37)(H,32,35)(H,33,36). The molecule has 3 N–H and O–H groups in total. The molecule has 0 fully saturated rings. The summed E-state index contributed by atoms with van der Waals surface area (Å²) in [6.45, 7) is 7.46. The predicted molar refractivity (Wildman–Crippen MR) is 150 cm³/mol. The average molecular weight is 540 g/mol. The zero-order valence-corrected chi connectivity index (χ0v) is 23.7. The van der Waals surface area contributed by atoms with Gasteiger partial charge in [0.25, 0.3) is 0 Å². The first-order valence-electron chi connectivity index (χ1n) is 13.2. The van der Waals surface area contributed by atoms with Gasteiger partial charge in [-0.1, -0.05) is 52.0 Å². The van der Waals surface area contributed by atoms with Crippen LogP contribution in [0.1, 0.15) is 45.2 Å². The van der Waals surface area contributed by atoms with Crippen LogP contribution >= 0.6 is 0 Å². The molecule has 0 radical (unpaired) electrons. The molecule has 0 aliphatic carbocycles. The van der Waals surface area contributed by atoms with Crippen molar-refractivity contribution in [2.45, 2.75) is 65.1 Å². The number of methoxy groups -OCH3 is 2. The van der Waals surface area contributed by atoms with E-state index in [1.54, 1.807) is 52.3 Å². The van der Waals surface area contributed by atoms with Gasteiger partial charge in [-0.2, -0.15) is 0 Å². The summed E-state index contributed by atoms with van der Waals surface area (Å²) in [6.07, 6.45) is 1.48. The van der Waals surface area contributed by atoms with Crippen molar-refractivity contribution in [2.75, 3.05) is 14.2 Å². The summed E-state index contributed by atoms with van der Waals surface area (Å²) in [5.74, 6) is 0.0299. The van der Waals surface area contributed by atoms with Crippen LogP contribution in [0.3, 0.4) is 0 Å². The fourth-order valence-corrected chi connectivity index (χ4v) is 4.04. The van der Waals surface area contributed by atoms with Gasteiger partial charge in [0.15, 0.2) is 0 Å². The third-order valence-corrected chi connectivity index (χ3v) is 6.20. The molecule has 39 heavy (non-hydrogen) atoms. The summed E-state index contributed by atoms with van der Waals surface area (Å²) in [5.41, 5.74) is 1.68. The summed E-state index contributed by atoms with van der Waals surface area (Å²) in [5, 5.41) is 8.37. The molecule has 0 saturated heterocycles. The lowest BCUT2D eigenvalue weighted by molar-refractivity contribution is -0.133. The molecule has 0 saturated carbocycles. The summed E-state index contributed by atoms with van der Waals surface area (Å²) >= 11 is 0. The van der Waals surface area contributed by atoms with Crippen molar-refractivity contribution in [3.8, 4) is 11.5 Å². The Morgan fingerprint density at radius 3 is 1.69 bits per heavy atom. The molecule has 3 amide bonds. The number of hydrogen-bond acceptors (Lipinski definition) is 6. The highest BCUT2D eigenvalue weighted by Gasteiger charge is 2.30. The summed E-state index contributed by atoms with van der Waals surface area (Å²) in [7, 11) is 3.14. The van der Waals surface area contributed by atoms with Gasteiger partial charge in [0, 0.05) is 12.8 Å². The maximum atomic E-state index is 13.4. The summed E-state index contributed by atoms with van der Waals surface area (Å²) < 4.78 is 10.4. The summed E-state index contributed by atoms with van der Waals surface area (Å²) in [4.78, 5) is 50.9. The van der Waals surface area contributed by atoms with Crippen molar-refractivity contribution in [1.29, 1.82) is 0 Å². The first-order chi connectivity index (χ1) is 18.6. The van der Waals surface area contributed by atoms with Crippen LogP contribution in [0, 0.1) is 11.8 Å². The van der Waals surface area contributed by atoms with E-state index in [0.717, 1.165) is 11.1 Å². The van der Waals surface area contributed by atoms with E-state index in [4.69, 9.17) is 9.47 Å². The Bertz CT molecular complexity index is 1080. The van der Waals surface area contributed by atoms with Crippen LogP contribution in [0.25, 0.3) is 0 Å². The highest BCUT2D eigenvalue weighted by molar-refractivity contribution is 5.93. The van der Waals surface area contributed by atoms with Crippen molar-refractivity contribution >= 4 is 24.0 Å². The Balaban J connectivity index is 2.14. The van der Waals surface area contributed by atoms with E-state index < -0.39 is 29.9 Å². The molecule has 212 valence electrons. The molecule has 3 atom stereocenters. The second-order valence-corrected chi connectivity index (χ2v) is 10.3. The van der Waals surface area contributed by atoms with Gasteiger partial charge >= 0.3 is 0 Å². The number of benzene rings is 2. The number of carbonyl (C=O) groups is 4. The quantitative estimate of drug-likeness (QED) is 0.299. The molecule has 2 aromatic rings. The van der Waals surface area contributed by atoms with Crippen LogP contribution in [0.5, 0.6) is 11.5 Å². The van der Waals surface area contributed by atoms with E-state index >= 15 is 0 Å². The zero-order chi connectivity index (χ0) is 28.9. The second kappa shape index (κ2) is 15.5. The van der Waals surface area contributed by atoms with Crippen LogP contribution < -0.4 is 25.4 Å². The number of ether oxygens (including phenoxy) is 2.